The Balaban J connectivity index is 1.69. The van der Waals surface area contributed by atoms with Gasteiger partial charge < -0.3 is 20.1 Å². The molecule has 0 aromatic heterocycles. The third-order valence-corrected chi connectivity index (χ3v) is 4.47. The molecule has 2 aliphatic rings. The van der Waals surface area contributed by atoms with Crippen LogP contribution in [0.3, 0.4) is 0 Å². The molecule has 10 heteroatoms. The van der Waals surface area contributed by atoms with Crippen molar-refractivity contribution in [3.8, 4) is 5.75 Å². The molecule has 1 unspecified atom stereocenters. The van der Waals surface area contributed by atoms with E-state index in [-0.39, 0.29) is 31.5 Å². The molecular formula is C16H15F3N2O5. The van der Waals surface area contributed by atoms with Gasteiger partial charge in [0, 0.05) is 18.3 Å². The number of benzene rings is 1. The molecule has 0 radical (unpaired) electrons. The number of carboxylic acids is 1. The van der Waals surface area contributed by atoms with Crippen LogP contribution in [0.4, 0.5) is 18.9 Å². The van der Waals surface area contributed by atoms with Crippen molar-refractivity contribution in [1.29, 1.82) is 0 Å². The number of anilines is 1. The number of carboxylic acid groups (broad SMARTS) is 1. The highest BCUT2D eigenvalue weighted by Gasteiger charge is 2.57. The molecule has 0 spiro atoms. The molecule has 140 valence electrons. The van der Waals surface area contributed by atoms with E-state index in [0.717, 1.165) is 12.1 Å². The van der Waals surface area contributed by atoms with Crippen molar-refractivity contribution in [3.63, 3.8) is 0 Å². The fourth-order valence-corrected chi connectivity index (χ4v) is 2.88. The maximum absolute atomic E-state index is 12.5. The largest absolute Gasteiger partial charge is 0.573 e. The molecule has 7 nitrogen and oxygen atoms in total. The van der Waals surface area contributed by atoms with E-state index in [4.69, 9.17) is 5.11 Å². The highest BCUT2D eigenvalue weighted by atomic mass is 19.4. The Kier molecular flexibility index (Phi) is 4.29. The van der Waals surface area contributed by atoms with Crippen LogP contribution in [-0.2, 0) is 14.4 Å². The second-order valence-corrected chi connectivity index (χ2v) is 6.24. The highest BCUT2D eigenvalue weighted by molar-refractivity contribution is 6.08. The number of carbonyl (C=O) groups is 3. The third-order valence-electron chi connectivity index (χ3n) is 4.47. The Morgan fingerprint density at radius 1 is 1.31 bits per heavy atom. The van der Waals surface area contributed by atoms with Crippen molar-refractivity contribution in [2.45, 2.75) is 31.7 Å². The summed E-state index contributed by atoms with van der Waals surface area (Å²) < 4.78 is 40.8. The number of nitrogens with one attached hydrogen (secondary N) is 1. The smallest absolute Gasteiger partial charge is 0.480 e. The first kappa shape index (κ1) is 18.0. The molecule has 26 heavy (non-hydrogen) atoms. The van der Waals surface area contributed by atoms with E-state index < -0.39 is 41.4 Å². The van der Waals surface area contributed by atoms with Crippen molar-refractivity contribution >= 4 is 23.5 Å². The van der Waals surface area contributed by atoms with Gasteiger partial charge in [-0.25, -0.2) is 0 Å². The van der Waals surface area contributed by atoms with Crippen molar-refractivity contribution in [2.75, 3.05) is 11.4 Å². The first-order valence-electron chi connectivity index (χ1n) is 7.84. The summed E-state index contributed by atoms with van der Waals surface area (Å²) in [6, 6.07) is 4.05. The van der Waals surface area contributed by atoms with Gasteiger partial charge in [0.15, 0.2) is 0 Å². The summed E-state index contributed by atoms with van der Waals surface area (Å²) >= 11 is 0. The van der Waals surface area contributed by atoms with Crippen molar-refractivity contribution in [3.05, 3.63) is 24.3 Å². The van der Waals surface area contributed by atoms with Crippen molar-refractivity contribution in [2.24, 2.45) is 5.41 Å². The zero-order valence-electron chi connectivity index (χ0n) is 13.4. The molecule has 1 aliphatic carbocycles. The number of rotatable bonds is 5. The van der Waals surface area contributed by atoms with Crippen LogP contribution in [0.5, 0.6) is 5.75 Å². The molecule has 1 atom stereocenters. The lowest BCUT2D eigenvalue weighted by molar-refractivity contribution is -0.274. The van der Waals surface area contributed by atoms with Gasteiger partial charge in [-0.1, -0.05) is 6.07 Å². The zero-order chi connectivity index (χ0) is 19.1. The van der Waals surface area contributed by atoms with Gasteiger partial charge in [0.05, 0.1) is 0 Å². The van der Waals surface area contributed by atoms with Crippen LogP contribution in [0.15, 0.2) is 24.3 Å². The molecule has 1 aliphatic heterocycles. The number of aliphatic carboxylic acids is 1. The predicted molar refractivity (Wildman–Crippen MR) is 81.3 cm³/mol. The minimum atomic E-state index is -4.85. The first-order valence-corrected chi connectivity index (χ1v) is 7.84. The third kappa shape index (κ3) is 3.44. The Hall–Kier alpha value is -2.78. The number of alkyl halides is 3. The summed E-state index contributed by atoms with van der Waals surface area (Å²) in [5.74, 6) is -2.91. The van der Waals surface area contributed by atoms with Gasteiger partial charge in [-0.3, -0.25) is 14.4 Å². The molecule has 2 N–H and O–H groups in total. The summed E-state index contributed by atoms with van der Waals surface area (Å²) in [6.45, 7) is 0.180. The monoisotopic (exact) mass is 372 g/mol. The van der Waals surface area contributed by atoms with Crippen LogP contribution in [0.1, 0.15) is 19.3 Å². The normalized spacial score (nSPS) is 21.4. The summed E-state index contributed by atoms with van der Waals surface area (Å²) in [5.41, 5.74) is -1.26. The van der Waals surface area contributed by atoms with E-state index in [1.165, 1.54) is 17.0 Å². The van der Waals surface area contributed by atoms with Gasteiger partial charge >= 0.3 is 12.3 Å². The summed E-state index contributed by atoms with van der Waals surface area (Å²) in [7, 11) is 0. The summed E-state index contributed by atoms with van der Waals surface area (Å²) in [5, 5.41) is 11.5. The van der Waals surface area contributed by atoms with Gasteiger partial charge in [-0.15, -0.1) is 13.2 Å². The lowest BCUT2D eigenvalue weighted by atomic mass is 10.1. The van der Waals surface area contributed by atoms with Gasteiger partial charge in [-0.2, -0.15) is 0 Å². The van der Waals surface area contributed by atoms with Gasteiger partial charge in [0.1, 0.15) is 17.2 Å². The first-order chi connectivity index (χ1) is 12.1. The number of halogens is 3. The molecule has 1 saturated heterocycles. The SMILES string of the molecule is O=C1C(NC(=O)C2(C(=O)O)CC2)CCN1c1cccc(OC(F)(F)F)c1. The average Bonchev–Trinajstić information content (AvgIpc) is 3.28. The maximum Gasteiger partial charge on any atom is 0.573 e. The second-order valence-electron chi connectivity index (χ2n) is 6.24. The molecule has 0 bridgehead atoms. The Labute approximate surface area is 145 Å². The number of hydrogen-bond acceptors (Lipinski definition) is 4. The van der Waals surface area contributed by atoms with E-state index in [1.807, 2.05) is 0 Å². The average molecular weight is 372 g/mol. The summed E-state index contributed by atoms with van der Waals surface area (Å²) in [4.78, 5) is 37.0. The number of carbonyl (C=O) groups excluding carboxylic acids is 2. The minimum absolute atomic E-state index is 0.180. The van der Waals surface area contributed by atoms with Gasteiger partial charge in [0.25, 0.3) is 0 Å². The van der Waals surface area contributed by atoms with Gasteiger partial charge in [-0.05, 0) is 31.4 Å². The van der Waals surface area contributed by atoms with Crippen LogP contribution < -0.4 is 15.0 Å². The Bertz CT molecular complexity index is 760. The summed E-state index contributed by atoms with van der Waals surface area (Å²) in [6.07, 6.45) is -4.19. The van der Waals surface area contributed by atoms with Gasteiger partial charge in [0.2, 0.25) is 11.8 Å². The van der Waals surface area contributed by atoms with Crippen LogP contribution >= 0.6 is 0 Å². The van der Waals surface area contributed by atoms with E-state index in [1.54, 1.807) is 0 Å². The lowest BCUT2D eigenvalue weighted by Crippen LogP contribution is -2.46. The van der Waals surface area contributed by atoms with E-state index >= 15 is 0 Å². The predicted octanol–water partition coefficient (Wildman–Crippen LogP) is 1.67. The molecular weight excluding hydrogens is 357 g/mol. The topological polar surface area (TPSA) is 95.9 Å². The Morgan fingerprint density at radius 2 is 2.00 bits per heavy atom. The molecule has 1 heterocycles. The fraction of sp³-hybridized carbons (Fsp3) is 0.438. The molecule has 1 saturated carbocycles. The number of amides is 2. The van der Waals surface area contributed by atoms with Crippen LogP contribution in [0, 0.1) is 5.41 Å². The van der Waals surface area contributed by atoms with E-state index in [0.29, 0.717) is 0 Å². The van der Waals surface area contributed by atoms with E-state index in [2.05, 4.69) is 10.1 Å². The fourth-order valence-electron chi connectivity index (χ4n) is 2.88. The van der Waals surface area contributed by atoms with E-state index in [9.17, 15) is 27.6 Å². The Morgan fingerprint density at radius 3 is 2.58 bits per heavy atom. The standard InChI is InChI=1S/C16H15F3N2O5/c17-16(18,19)26-10-3-1-2-9(8-10)21-7-4-11(12(21)22)20-13(23)15(5-6-15)14(24)25/h1-3,8,11H,4-7H2,(H,20,23)(H,24,25). The minimum Gasteiger partial charge on any atom is -0.480 e. The number of nitrogens with zero attached hydrogens (tertiary/aromatic N) is 1. The zero-order valence-corrected chi connectivity index (χ0v) is 13.4. The molecule has 1 aromatic rings. The molecule has 1 aromatic carbocycles. The lowest BCUT2D eigenvalue weighted by Gasteiger charge is -2.19. The quantitative estimate of drug-likeness (QED) is 0.767. The van der Waals surface area contributed by atoms with Crippen LogP contribution in [0.2, 0.25) is 0 Å². The van der Waals surface area contributed by atoms with Crippen molar-refractivity contribution < 1.29 is 37.4 Å². The number of ether oxygens (including phenoxy) is 1. The van der Waals surface area contributed by atoms with Crippen LogP contribution in [-0.4, -0.2) is 41.8 Å². The molecule has 2 amide bonds. The number of hydrogen-bond donors (Lipinski definition) is 2. The van der Waals surface area contributed by atoms with Crippen molar-refractivity contribution in [1.82, 2.24) is 5.32 Å². The highest BCUT2D eigenvalue weighted by Crippen LogP contribution is 2.46. The molecule has 3 rings (SSSR count). The maximum atomic E-state index is 12.5. The second kappa shape index (κ2) is 6.19. The van der Waals surface area contributed by atoms with Crippen LogP contribution in [0.25, 0.3) is 0 Å². The molecule has 2 fully saturated rings.